The average molecular weight is 282 g/mol. The Morgan fingerprint density at radius 3 is 2.40 bits per heavy atom. The molecule has 0 amide bonds. The van der Waals surface area contributed by atoms with Gasteiger partial charge in [-0.05, 0) is 0 Å². The van der Waals surface area contributed by atoms with Crippen LogP contribution in [0.4, 0.5) is 26.0 Å². The number of nitrogens with zero attached hydrogens (tertiary/aromatic N) is 2. The fourth-order valence-corrected chi connectivity index (χ4v) is 1.50. The summed E-state index contributed by atoms with van der Waals surface area (Å²) in [6, 6.07) is 2.73. The van der Waals surface area contributed by atoms with Crippen molar-refractivity contribution >= 4 is 17.2 Å². The lowest BCUT2D eigenvalue weighted by atomic mass is 10.2. The van der Waals surface area contributed by atoms with E-state index in [4.69, 9.17) is 16.2 Å². The van der Waals surface area contributed by atoms with E-state index < -0.39 is 39.6 Å². The first-order valence-electron chi connectivity index (χ1n) is 5.21. The molecule has 0 aliphatic carbocycles. The fraction of sp³-hybridized carbons (Fsp3) is 0. The van der Waals surface area contributed by atoms with Crippen molar-refractivity contribution in [1.82, 2.24) is 4.98 Å². The highest BCUT2D eigenvalue weighted by Crippen LogP contribution is 2.36. The van der Waals surface area contributed by atoms with E-state index in [1.54, 1.807) is 0 Å². The molecule has 7 nitrogen and oxygen atoms in total. The minimum atomic E-state index is -1.09. The molecule has 0 bridgehead atoms. The number of pyridine rings is 1. The van der Waals surface area contributed by atoms with Gasteiger partial charge in [-0.2, -0.15) is 0 Å². The Morgan fingerprint density at radius 2 is 1.85 bits per heavy atom. The molecule has 1 heterocycles. The lowest BCUT2D eigenvalue weighted by Crippen LogP contribution is -2.02. The maximum atomic E-state index is 13.6. The Morgan fingerprint density at radius 1 is 1.25 bits per heavy atom. The highest BCUT2D eigenvalue weighted by molar-refractivity contribution is 5.62. The van der Waals surface area contributed by atoms with Crippen LogP contribution in [-0.4, -0.2) is 9.91 Å². The van der Waals surface area contributed by atoms with Gasteiger partial charge in [0.15, 0.2) is 17.4 Å². The van der Waals surface area contributed by atoms with Crippen LogP contribution in [0.15, 0.2) is 24.4 Å². The number of rotatable bonds is 3. The molecule has 4 N–H and O–H groups in total. The van der Waals surface area contributed by atoms with Gasteiger partial charge in [-0.15, -0.1) is 0 Å². The van der Waals surface area contributed by atoms with Gasteiger partial charge in [0.2, 0.25) is 11.6 Å². The van der Waals surface area contributed by atoms with Crippen molar-refractivity contribution in [2.24, 2.45) is 0 Å². The van der Waals surface area contributed by atoms with Gasteiger partial charge in [0.25, 0.3) is 0 Å². The third-order valence-corrected chi connectivity index (χ3v) is 2.33. The number of nitrogen functional groups attached to an aromatic ring is 2. The minimum Gasteiger partial charge on any atom is -0.444 e. The maximum Gasteiger partial charge on any atom is 0.353 e. The van der Waals surface area contributed by atoms with E-state index in [1.807, 2.05) is 0 Å². The number of nitro groups is 1. The molecule has 1 aromatic heterocycles. The smallest absolute Gasteiger partial charge is 0.353 e. The molecule has 0 saturated heterocycles. The first kappa shape index (κ1) is 13.5. The molecular formula is C11H8F2N4O3. The zero-order valence-corrected chi connectivity index (χ0v) is 9.84. The summed E-state index contributed by atoms with van der Waals surface area (Å²) in [5.41, 5.74) is 9.77. The molecule has 2 aromatic rings. The summed E-state index contributed by atoms with van der Waals surface area (Å²) in [4.78, 5) is 13.5. The van der Waals surface area contributed by atoms with Crippen molar-refractivity contribution in [2.75, 3.05) is 11.5 Å². The molecule has 104 valence electrons. The van der Waals surface area contributed by atoms with E-state index in [-0.39, 0.29) is 5.69 Å². The molecule has 0 aliphatic heterocycles. The van der Waals surface area contributed by atoms with Gasteiger partial charge in [-0.25, -0.2) is 13.8 Å². The van der Waals surface area contributed by atoms with E-state index in [0.717, 1.165) is 24.4 Å². The molecule has 0 unspecified atom stereocenters. The quantitative estimate of drug-likeness (QED) is 0.506. The second kappa shape index (κ2) is 4.96. The normalized spacial score (nSPS) is 10.3. The van der Waals surface area contributed by atoms with Gasteiger partial charge in [-0.1, -0.05) is 0 Å². The summed E-state index contributed by atoms with van der Waals surface area (Å²) in [5.74, 6) is -3.85. The van der Waals surface area contributed by atoms with Crippen LogP contribution in [0, 0.1) is 21.7 Å². The largest absolute Gasteiger partial charge is 0.444 e. The van der Waals surface area contributed by atoms with E-state index >= 15 is 0 Å². The molecular weight excluding hydrogens is 274 g/mol. The summed E-state index contributed by atoms with van der Waals surface area (Å²) in [7, 11) is 0. The van der Waals surface area contributed by atoms with Gasteiger partial charge in [0.1, 0.15) is 0 Å². The summed E-state index contributed by atoms with van der Waals surface area (Å²) in [6.07, 6.45) is 1.12. The van der Waals surface area contributed by atoms with E-state index in [9.17, 15) is 18.9 Å². The highest BCUT2D eigenvalue weighted by Gasteiger charge is 2.23. The van der Waals surface area contributed by atoms with Crippen molar-refractivity contribution in [3.63, 3.8) is 0 Å². The van der Waals surface area contributed by atoms with Gasteiger partial charge in [0, 0.05) is 30.1 Å². The predicted octanol–water partition coefficient (Wildman–Crippen LogP) is 2.22. The molecule has 0 spiro atoms. The number of hydrogen-bond acceptors (Lipinski definition) is 6. The fourth-order valence-electron chi connectivity index (χ4n) is 1.50. The summed E-state index contributed by atoms with van der Waals surface area (Å²) >= 11 is 0. The number of aromatic nitrogens is 1. The Bertz CT molecular complexity index is 670. The lowest BCUT2D eigenvalue weighted by Gasteiger charge is -2.09. The number of halogens is 2. The Kier molecular flexibility index (Phi) is 3.34. The van der Waals surface area contributed by atoms with Crippen LogP contribution in [0.3, 0.4) is 0 Å². The summed E-state index contributed by atoms with van der Waals surface area (Å²) in [6.45, 7) is 0. The second-order valence-corrected chi connectivity index (χ2v) is 3.72. The van der Waals surface area contributed by atoms with Gasteiger partial charge in [0.05, 0.1) is 4.92 Å². The number of ether oxygens (including phenoxy) is 1. The number of benzene rings is 1. The zero-order valence-electron chi connectivity index (χ0n) is 9.84. The molecule has 0 aliphatic rings. The zero-order chi connectivity index (χ0) is 14.9. The van der Waals surface area contributed by atoms with Gasteiger partial charge < -0.3 is 16.2 Å². The minimum absolute atomic E-state index is 0.143. The van der Waals surface area contributed by atoms with E-state index in [1.165, 1.54) is 0 Å². The van der Waals surface area contributed by atoms with Crippen LogP contribution in [-0.2, 0) is 0 Å². The van der Waals surface area contributed by atoms with E-state index in [2.05, 4.69) is 4.98 Å². The van der Waals surface area contributed by atoms with Crippen LogP contribution >= 0.6 is 0 Å². The first-order valence-corrected chi connectivity index (χ1v) is 5.21. The summed E-state index contributed by atoms with van der Waals surface area (Å²) < 4.78 is 32.0. The van der Waals surface area contributed by atoms with Crippen LogP contribution in [0.25, 0.3) is 0 Å². The molecule has 0 fully saturated rings. The van der Waals surface area contributed by atoms with Crippen molar-refractivity contribution in [2.45, 2.75) is 0 Å². The Labute approximate surface area is 110 Å². The second-order valence-electron chi connectivity index (χ2n) is 3.72. The third kappa shape index (κ3) is 2.41. The topological polar surface area (TPSA) is 117 Å². The van der Waals surface area contributed by atoms with Crippen LogP contribution in [0.5, 0.6) is 11.5 Å². The molecule has 20 heavy (non-hydrogen) atoms. The molecule has 0 saturated carbocycles. The van der Waals surface area contributed by atoms with Gasteiger partial charge >= 0.3 is 5.69 Å². The Hall–Kier alpha value is -2.97. The van der Waals surface area contributed by atoms with Crippen molar-refractivity contribution in [1.29, 1.82) is 0 Å². The van der Waals surface area contributed by atoms with Crippen molar-refractivity contribution in [3.8, 4) is 11.5 Å². The third-order valence-electron chi connectivity index (χ3n) is 2.33. The molecule has 9 heteroatoms. The lowest BCUT2D eigenvalue weighted by molar-refractivity contribution is -0.384. The molecule has 0 radical (unpaired) electrons. The van der Waals surface area contributed by atoms with Gasteiger partial charge in [-0.3, -0.25) is 10.1 Å². The van der Waals surface area contributed by atoms with Crippen molar-refractivity contribution in [3.05, 3.63) is 46.1 Å². The molecule has 0 atom stereocenters. The van der Waals surface area contributed by atoms with Crippen molar-refractivity contribution < 1.29 is 18.4 Å². The first-order chi connectivity index (χ1) is 9.40. The standard InChI is InChI=1S/C11H8F2N4O3/c12-6-3-5(14)4-7(13)10(6)20-8-1-2-16-11(15)9(8)17(18)19/h1-4H,14H2,(H2,15,16). The van der Waals surface area contributed by atoms with Crippen LogP contribution in [0.2, 0.25) is 0 Å². The monoisotopic (exact) mass is 282 g/mol. The van der Waals surface area contributed by atoms with Crippen LogP contribution < -0.4 is 16.2 Å². The van der Waals surface area contributed by atoms with E-state index in [0.29, 0.717) is 0 Å². The molecule has 1 aromatic carbocycles. The summed E-state index contributed by atoms with van der Waals surface area (Å²) in [5, 5.41) is 10.9. The maximum absolute atomic E-state index is 13.6. The highest BCUT2D eigenvalue weighted by atomic mass is 19.1. The predicted molar refractivity (Wildman–Crippen MR) is 66.1 cm³/mol. The van der Waals surface area contributed by atoms with Crippen LogP contribution in [0.1, 0.15) is 0 Å². The number of hydrogen-bond donors (Lipinski definition) is 2. The molecule has 2 rings (SSSR count). The Balaban J connectivity index is 2.51. The average Bonchev–Trinajstić information content (AvgIpc) is 2.33. The SMILES string of the molecule is Nc1cc(F)c(Oc2ccnc(N)c2[N+](=O)[O-])c(F)c1. The number of anilines is 2. The number of nitrogens with two attached hydrogens (primary N) is 2.